The number of aromatic nitrogens is 2. The van der Waals surface area contributed by atoms with E-state index in [9.17, 15) is 4.79 Å². The van der Waals surface area contributed by atoms with Crippen molar-refractivity contribution in [3.8, 4) is 5.69 Å². The lowest BCUT2D eigenvalue weighted by molar-refractivity contribution is -0.118. The number of anilines is 1. The summed E-state index contributed by atoms with van der Waals surface area (Å²) in [5.41, 5.74) is 5.90. The molecule has 0 spiro atoms. The lowest BCUT2D eigenvalue weighted by atomic mass is 9.89. The molecule has 1 aliphatic rings. The van der Waals surface area contributed by atoms with E-state index >= 15 is 0 Å². The maximum Gasteiger partial charge on any atom is 0.226 e. The molecule has 1 aliphatic heterocycles. The number of amides is 1. The molecule has 0 unspecified atom stereocenters. The molecular formula is C29H32N4O. The number of carbonyl (C=O) groups excluding carboxylic acids is 1. The van der Waals surface area contributed by atoms with Crippen LogP contribution in [0.3, 0.4) is 0 Å². The highest BCUT2D eigenvalue weighted by Gasteiger charge is 2.22. The van der Waals surface area contributed by atoms with Crippen molar-refractivity contribution in [2.24, 2.45) is 5.92 Å². The minimum absolute atomic E-state index is 0.0176. The Kier molecular flexibility index (Phi) is 6.45. The van der Waals surface area contributed by atoms with Crippen LogP contribution in [0.4, 0.5) is 5.69 Å². The summed E-state index contributed by atoms with van der Waals surface area (Å²) in [5, 5.41) is 4.35. The summed E-state index contributed by atoms with van der Waals surface area (Å²) in [4.78, 5) is 19.0. The largest absolute Gasteiger partial charge is 0.326 e. The van der Waals surface area contributed by atoms with Gasteiger partial charge in [-0.25, -0.2) is 0 Å². The van der Waals surface area contributed by atoms with Crippen molar-refractivity contribution in [1.82, 2.24) is 14.5 Å². The highest BCUT2D eigenvalue weighted by Crippen LogP contribution is 2.32. The summed E-state index contributed by atoms with van der Waals surface area (Å²) in [5.74, 6) is 0.581. The number of para-hydroxylation sites is 1. The minimum Gasteiger partial charge on any atom is -0.326 e. The van der Waals surface area contributed by atoms with Crippen LogP contribution >= 0.6 is 0 Å². The molecule has 5 heteroatoms. The summed E-state index contributed by atoms with van der Waals surface area (Å²) < 4.78 is 2.25. The first-order chi connectivity index (χ1) is 16.6. The van der Waals surface area contributed by atoms with E-state index in [0.717, 1.165) is 43.9 Å². The Hall–Kier alpha value is -3.44. The van der Waals surface area contributed by atoms with Gasteiger partial charge in [0.2, 0.25) is 5.91 Å². The number of fused-ring (bicyclic) bond motifs is 1. The molecule has 0 radical (unpaired) electrons. The molecule has 1 amide bonds. The molecule has 0 saturated carbocycles. The molecule has 174 valence electrons. The zero-order valence-corrected chi connectivity index (χ0v) is 19.9. The van der Waals surface area contributed by atoms with Crippen molar-refractivity contribution < 1.29 is 4.79 Å². The Morgan fingerprint density at radius 2 is 1.88 bits per heavy atom. The predicted octanol–water partition coefficient (Wildman–Crippen LogP) is 6.00. The standard InChI is InChI=1S/C29H32N4O/c1-21(2)29(34)31-25-8-5-7-23(17-25)22-12-15-32(16-13-22)19-24-20-33(26-9-6-14-30-18-26)28-11-4-3-10-27(24)28/h3-11,14,17-18,20-22H,12-13,15-16,19H2,1-2H3,(H,31,34). The van der Waals surface area contributed by atoms with Gasteiger partial charge in [-0.1, -0.05) is 44.2 Å². The van der Waals surface area contributed by atoms with E-state index in [2.05, 4.69) is 74.5 Å². The highest BCUT2D eigenvalue weighted by atomic mass is 16.1. The molecule has 5 nitrogen and oxygen atoms in total. The second-order valence-electron chi connectivity index (χ2n) is 9.57. The van der Waals surface area contributed by atoms with Crippen molar-refractivity contribution in [3.63, 3.8) is 0 Å². The van der Waals surface area contributed by atoms with Crippen LogP contribution in [0, 0.1) is 5.92 Å². The third-order valence-corrected chi connectivity index (χ3v) is 6.85. The van der Waals surface area contributed by atoms with Crippen LogP contribution in [0.2, 0.25) is 0 Å². The molecule has 34 heavy (non-hydrogen) atoms. The Balaban J connectivity index is 1.27. The van der Waals surface area contributed by atoms with Crippen LogP contribution in [0.25, 0.3) is 16.6 Å². The minimum atomic E-state index is -0.0176. The molecule has 1 N–H and O–H groups in total. The predicted molar refractivity (Wildman–Crippen MR) is 138 cm³/mol. The summed E-state index contributed by atoms with van der Waals surface area (Å²) in [6.07, 6.45) is 8.26. The monoisotopic (exact) mass is 452 g/mol. The van der Waals surface area contributed by atoms with Gasteiger partial charge >= 0.3 is 0 Å². The fourth-order valence-electron chi connectivity index (χ4n) is 4.91. The topological polar surface area (TPSA) is 50.2 Å². The van der Waals surface area contributed by atoms with Crippen LogP contribution < -0.4 is 5.32 Å². The number of rotatable bonds is 6. The van der Waals surface area contributed by atoms with Crippen molar-refractivity contribution in [1.29, 1.82) is 0 Å². The van der Waals surface area contributed by atoms with E-state index < -0.39 is 0 Å². The van der Waals surface area contributed by atoms with Gasteiger partial charge in [0.25, 0.3) is 0 Å². The van der Waals surface area contributed by atoms with Gasteiger partial charge in [0.05, 0.1) is 17.4 Å². The fraction of sp³-hybridized carbons (Fsp3) is 0.310. The Labute approximate surface area is 201 Å². The smallest absolute Gasteiger partial charge is 0.226 e. The average molecular weight is 453 g/mol. The number of hydrogen-bond acceptors (Lipinski definition) is 3. The maximum absolute atomic E-state index is 12.1. The van der Waals surface area contributed by atoms with Gasteiger partial charge in [-0.05, 0) is 73.3 Å². The zero-order valence-electron chi connectivity index (χ0n) is 19.9. The number of nitrogens with zero attached hydrogens (tertiary/aromatic N) is 3. The summed E-state index contributed by atoms with van der Waals surface area (Å²) in [6.45, 7) is 6.93. The van der Waals surface area contributed by atoms with E-state index in [1.807, 2.05) is 38.4 Å². The normalized spacial score (nSPS) is 15.1. The summed E-state index contributed by atoms with van der Waals surface area (Å²) in [6, 6.07) is 21.1. The maximum atomic E-state index is 12.1. The van der Waals surface area contributed by atoms with Gasteiger partial charge in [-0.2, -0.15) is 0 Å². The van der Waals surface area contributed by atoms with Gasteiger partial charge in [0.1, 0.15) is 0 Å². The van der Waals surface area contributed by atoms with Crippen LogP contribution in [-0.2, 0) is 11.3 Å². The summed E-state index contributed by atoms with van der Waals surface area (Å²) >= 11 is 0. The molecule has 0 bridgehead atoms. The molecule has 2 aromatic heterocycles. The third-order valence-electron chi connectivity index (χ3n) is 6.85. The molecule has 5 rings (SSSR count). The SMILES string of the molecule is CC(C)C(=O)Nc1cccc(C2CCN(Cc3cn(-c4cccnc4)c4ccccc34)CC2)c1. The van der Waals surface area contributed by atoms with Gasteiger partial charge < -0.3 is 9.88 Å². The quantitative estimate of drug-likeness (QED) is 0.390. The van der Waals surface area contributed by atoms with E-state index in [1.54, 1.807) is 0 Å². The highest BCUT2D eigenvalue weighted by molar-refractivity contribution is 5.92. The Morgan fingerprint density at radius 1 is 1.06 bits per heavy atom. The Bertz CT molecular complexity index is 1270. The van der Waals surface area contributed by atoms with E-state index in [1.165, 1.54) is 22.0 Å². The van der Waals surface area contributed by atoms with Gasteiger partial charge in [0, 0.05) is 35.9 Å². The number of nitrogens with one attached hydrogen (secondary N) is 1. The average Bonchev–Trinajstić information content (AvgIpc) is 3.23. The van der Waals surface area contributed by atoms with E-state index in [-0.39, 0.29) is 11.8 Å². The van der Waals surface area contributed by atoms with E-state index in [0.29, 0.717) is 5.92 Å². The van der Waals surface area contributed by atoms with Crippen LogP contribution in [-0.4, -0.2) is 33.4 Å². The molecule has 0 aliphatic carbocycles. The third kappa shape index (κ3) is 4.75. The van der Waals surface area contributed by atoms with Crippen LogP contribution in [0.5, 0.6) is 0 Å². The molecule has 2 aromatic carbocycles. The number of benzene rings is 2. The first-order valence-corrected chi connectivity index (χ1v) is 12.2. The van der Waals surface area contributed by atoms with Crippen molar-refractivity contribution in [2.45, 2.75) is 39.2 Å². The second kappa shape index (κ2) is 9.82. The number of likely N-dealkylation sites (tertiary alicyclic amines) is 1. The molecule has 0 atom stereocenters. The summed E-state index contributed by atoms with van der Waals surface area (Å²) in [7, 11) is 0. The second-order valence-corrected chi connectivity index (χ2v) is 9.57. The van der Waals surface area contributed by atoms with Crippen LogP contribution in [0.15, 0.2) is 79.3 Å². The van der Waals surface area contributed by atoms with E-state index in [4.69, 9.17) is 0 Å². The van der Waals surface area contributed by atoms with Gasteiger partial charge in [-0.15, -0.1) is 0 Å². The van der Waals surface area contributed by atoms with Crippen molar-refractivity contribution in [2.75, 3.05) is 18.4 Å². The molecule has 1 fully saturated rings. The van der Waals surface area contributed by atoms with Crippen molar-refractivity contribution in [3.05, 3.63) is 90.4 Å². The first kappa shape index (κ1) is 22.4. The zero-order chi connectivity index (χ0) is 23.5. The number of carbonyl (C=O) groups is 1. The van der Waals surface area contributed by atoms with Gasteiger partial charge in [0.15, 0.2) is 0 Å². The van der Waals surface area contributed by atoms with Gasteiger partial charge in [-0.3, -0.25) is 14.7 Å². The fourth-order valence-corrected chi connectivity index (χ4v) is 4.91. The Morgan fingerprint density at radius 3 is 2.65 bits per heavy atom. The van der Waals surface area contributed by atoms with Crippen molar-refractivity contribution >= 4 is 22.5 Å². The molecule has 4 aromatic rings. The molecule has 1 saturated heterocycles. The van der Waals surface area contributed by atoms with Crippen LogP contribution in [0.1, 0.15) is 43.7 Å². The lowest BCUT2D eigenvalue weighted by Gasteiger charge is -2.32. The molecule has 3 heterocycles. The number of piperidine rings is 1. The first-order valence-electron chi connectivity index (χ1n) is 12.2. The number of hydrogen-bond donors (Lipinski definition) is 1. The number of pyridine rings is 1. The molecular weight excluding hydrogens is 420 g/mol. The lowest BCUT2D eigenvalue weighted by Crippen LogP contribution is -2.32.